The van der Waals surface area contributed by atoms with Gasteiger partial charge in [-0.1, -0.05) is 24.3 Å². The lowest BCUT2D eigenvalue weighted by Gasteiger charge is -2.43. The highest BCUT2D eigenvalue weighted by Crippen LogP contribution is 2.44. The van der Waals surface area contributed by atoms with Gasteiger partial charge in [0.25, 0.3) is 5.91 Å². The molecule has 2 aliphatic carbocycles. The van der Waals surface area contributed by atoms with Crippen molar-refractivity contribution in [2.75, 3.05) is 0 Å². The van der Waals surface area contributed by atoms with Crippen LogP contribution in [-0.2, 0) is 37.0 Å². The van der Waals surface area contributed by atoms with E-state index >= 15 is 0 Å². The molecule has 1 N–H and O–H groups in total. The van der Waals surface area contributed by atoms with Crippen LogP contribution < -0.4 is 5.32 Å². The van der Waals surface area contributed by atoms with E-state index in [1.807, 2.05) is 6.07 Å². The van der Waals surface area contributed by atoms with Crippen molar-refractivity contribution < 1.29 is 32.5 Å². The number of nitrogens with zero attached hydrogens (tertiary/aromatic N) is 1. The fraction of sp³-hybridized carbons (Fsp3) is 0.500. The van der Waals surface area contributed by atoms with Crippen molar-refractivity contribution in [1.29, 1.82) is 5.26 Å². The standard InChI is InChI=1S/C28H30F2N2O5/c1-27(2)36-24-13-28(26(33)32-21-9-10-21,35-16-18-6-4-3-5-17(18)14-31)12-23(25(24)37-27)34-15-19-7-8-20(29)11-22(19)30/h3-8,11,21,23-25H,9-10,12-13,15-16H2,1-2H3,(H,32,33)/t23?,24-,25+,28-/m1/s1. The van der Waals surface area contributed by atoms with Gasteiger partial charge < -0.3 is 24.3 Å². The Labute approximate surface area is 214 Å². The Hall–Kier alpha value is -2.90. The number of benzene rings is 2. The van der Waals surface area contributed by atoms with Crippen LogP contribution in [-0.4, -0.2) is 41.6 Å². The molecule has 0 spiro atoms. The first-order valence-electron chi connectivity index (χ1n) is 12.5. The quantitative estimate of drug-likeness (QED) is 0.568. The Morgan fingerprint density at radius 1 is 1.11 bits per heavy atom. The highest BCUT2D eigenvalue weighted by Gasteiger charge is 2.58. The van der Waals surface area contributed by atoms with E-state index in [9.17, 15) is 18.8 Å². The molecule has 2 aromatic rings. The molecule has 2 saturated carbocycles. The number of carbonyl (C=O) groups excluding carboxylic acids is 1. The largest absolute Gasteiger partial charge is 0.370 e. The average Bonchev–Trinajstić information content (AvgIpc) is 3.61. The monoisotopic (exact) mass is 512 g/mol. The Balaban J connectivity index is 1.43. The molecule has 1 heterocycles. The van der Waals surface area contributed by atoms with Crippen LogP contribution in [0.3, 0.4) is 0 Å². The van der Waals surface area contributed by atoms with Gasteiger partial charge in [-0.15, -0.1) is 0 Å². The van der Waals surface area contributed by atoms with Gasteiger partial charge >= 0.3 is 0 Å². The van der Waals surface area contributed by atoms with E-state index in [1.54, 1.807) is 32.0 Å². The molecule has 3 fully saturated rings. The number of fused-ring (bicyclic) bond motifs is 1. The van der Waals surface area contributed by atoms with Crippen molar-refractivity contribution >= 4 is 5.91 Å². The van der Waals surface area contributed by atoms with Crippen LogP contribution in [0, 0.1) is 23.0 Å². The number of rotatable bonds is 8. The first-order valence-corrected chi connectivity index (χ1v) is 12.5. The highest BCUT2D eigenvalue weighted by atomic mass is 19.1. The first kappa shape index (κ1) is 25.7. The van der Waals surface area contributed by atoms with Gasteiger partial charge in [0, 0.05) is 30.5 Å². The van der Waals surface area contributed by atoms with Crippen molar-refractivity contribution in [2.24, 2.45) is 0 Å². The number of nitriles is 1. The van der Waals surface area contributed by atoms with Gasteiger partial charge in [-0.25, -0.2) is 8.78 Å². The molecule has 1 unspecified atom stereocenters. The van der Waals surface area contributed by atoms with Gasteiger partial charge in [0.1, 0.15) is 17.7 Å². The third-order valence-electron chi connectivity index (χ3n) is 7.09. The highest BCUT2D eigenvalue weighted by molar-refractivity contribution is 5.86. The molecular formula is C28H30F2N2O5. The van der Waals surface area contributed by atoms with E-state index in [0.29, 0.717) is 11.1 Å². The van der Waals surface area contributed by atoms with Gasteiger partial charge in [0.15, 0.2) is 11.4 Å². The summed E-state index contributed by atoms with van der Waals surface area (Å²) in [4.78, 5) is 13.7. The zero-order valence-corrected chi connectivity index (χ0v) is 20.8. The summed E-state index contributed by atoms with van der Waals surface area (Å²) in [6, 6.07) is 12.7. The number of carbonyl (C=O) groups is 1. The van der Waals surface area contributed by atoms with Crippen LogP contribution in [0.2, 0.25) is 0 Å². The molecule has 2 aromatic carbocycles. The van der Waals surface area contributed by atoms with Crippen LogP contribution in [0.4, 0.5) is 8.78 Å². The summed E-state index contributed by atoms with van der Waals surface area (Å²) in [7, 11) is 0. The summed E-state index contributed by atoms with van der Waals surface area (Å²) in [5.41, 5.74) is 0.0106. The minimum absolute atomic E-state index is 0.0444. The third kappa shape index (κ3) is 5.68. The molecule has 0 radical (unpaired) electrons. The second-order valence-corrected chi connectivity index (χ2v) is 10.4. The van der Waals surface area contributed by atoms with E-state index in [4.69, 9.17) is 18.9 Å². The number of ether oxygens (including phenoxy) is 4. The zero-order chi connectivity index (χ0) is 26.2. The summed E-state index contributed by atoms with van der Waals surface area (Å²) in [6.07, 6.45) is 0.505. The predicted molar refractivity (Wildman–Crippen MR) is 128 cm³/mol. The minimum Gasteiger partial charge on any atom is -0.370 e. The van der Waals surface area contributed by atoms with Crippen molar-refractivity contribution in [1.82, 2.24) is 5.32 Å². The predicted octanol–water partition coefficient (Wildman–Crippen LogP) is 4.27. The number of amides is 1. The minimum atomic E-state index is -1.32. The van der Waals surface area contributed by atoms with Crippen molar-refractivity contribution in [3.8, 4) is 6.07 Å². The lowest BCUT2D eigenvalue weighted by molar-refractivity contribution is -0.183. The molecule has 1 aliphatic heterocycles. The molecule has 9 heteroatoms. The second-order valence-electron chi connectivity index (χ2n) is 10.4. The van der Waals surface area contributed by atoms with E-state index in [0.717, 1.165) is 18.9 Å². The molecule has 3 aliphatic rings. The van der Waals surface area contributed by atoms with Crippen molar-refractivity contribution in [2.45, 2.75) is 88.5 Å². The van der Waals surface area contributed by atoms with E-state index < -0.39 is 41.3 Å². The van der Waals surface area contributed by atoms with Gasteiger partial charge in [-0.05, 0) is 44.4 Å². The van der Waals surface area contributed by atoms with Crippen LogP contribution in [0.1, 0.15) is 56.2 Å². The molecule has 0 bridgehead atoms. The lowest BCUT2D eigenvalue weighted by Crippen LogP contribution is -2.60. The summed E-state index contributed by atoms with van der Waals surface area (Å²) >= 11 is 0. The van der Waals surface area contributed by atoms with Crippen LogP contribution in [0.15, 0.2) is 42.5 Å². The van der Waals surface area contributed by atoms with Gasteiger partial charge in [-0.2, -0.15) is 5.26 Å². The van der Waals surface area contributed by atoms with Crippen molar-refractivity contribution in [3.05, 3.63) is 70.8 Å². The fourth-order valence-electron chi connectivity index (χ4n) is 5.06. The fourth-order valence-corrected chi connectivity index (χ4v) is 5.06. The topological polar surface area (TPSA) is 89.8 Å². The lowest BCUT2D eigenvalue weighted by atomic mass is 9.78. The Morgan fingerprint density at radius 3 is 2.62 bits per heavy atom. The molecule has 0 aromatic heterocycles. The summed E-state index contributed by atoms with van der Waals surface area (Å²) < 4.78 is 52.5. The number of hydrogen-bond donors (Lipinski definition) is 1. The first-order chi connectivity index (χ1) is 17.7. The smallest absolute Gasteiger partial charge is 0.252 e. The van der Waals surface area contributed by atoms with E-state index in [-0.39, 0.29) is 43.6 Å². The number of hydrogen-bond acceptors (Lipinski definition) is 6. The van der Waals surface area contributed by atoms with Crippen LogP contribution >= 0.6 is 0 Å². The van der Waals surface area contributed by atoms with Gasteiger partial charge in [-0.3, -0.25) is 4.79 Å². The van der Waals surface area contributed by atoms with Gasteiger partial charge in [0.2, 0.25) is 0 Å². The van der Waals surface area contributed by atoms with Crippen LogP contribution in [0.5, 0.6) is 0 Å². The zero-order valence-electron chi connectivity index (χ0n) is 20.8. The van der Waals surface area contributed by atoms with Crippen LogP contribution in [0.25, 0.3) is 0 Å². The molecule has 4 atom stereocenters. The number of halogens is 2. The number of nitrogens with one attached hydrogen (secondary N) is 1. The molecule has 1 saturated heterocycles. The maximum absolute atomic E-state index is 14.3. The van der Waals surface area contributed by atoms with E-state index in [2.05, 4.69) is 11.4 Å². The summed E-state index contributed by atoms with van der Waals surface area (Å²) in [5.74, 6) is -2.56. The second kappa shape index (κ2) is 10.1. The molecular weight excluding hydrogens is 482 g/mol. The average molecular weight is 513 g/mol. The van der Waals surface area contributed by atoms with Gasteiger partial charge in [0.05, 0.1) is 37.1 Å². The Morgan fingerprint density at radius 2 is 1.89 bits per heavy atom. The molecule has 7 nitrogen and oxygen atoms in total. The summed E-state index contributed by atoms with van der Waals surface area (Å²) in [5, 5.41) is 12.6. The maximum Gasteiger partial charge on any atom is 0.252 e. The SMILES string of the molecule is CC1(C)O[C@@H]2C[C@@](OCc3ccccc3C#N)(C(=O)NC3CC3)CC(OCc3ccc(F)cc3F)[C@@H]2O1. The molecule has 1 amide bonds. The molecule has 5 rings (SSSR count). The third-order valence-corrected chi connectivity index (χ3v) is 7.09. The molecule has 196 valence electrons. The summed E-state index contributed by atoms with van der Waals surface area (Å²) in [6.45, 7) is 3.49. The normalized spacial score (nSPS) is 28.4. The molecule has 37 heavy (non-hydrogen) atoms. The Bertz CT molecular complexity index is 1210. The Kier molecular flexibility index (Phi) is 7.03. The van der Waals surface area contributed by atoms with Crippen molar-refractivity contribution in [3.63, 3.8) is 0 Å². The maximum atomic E-state index is 14.3. The van der Waals surface area contributed by atoms with E-state index in [1.165, 1.54) is 12.1 Å².